The second-order valence-electron chi connectivity index (χ2n) is 5.05. The molecular weight excluding hydrogens is 232 g/mol. The van der Waals surface area contributed by atoms with Gasteiger partial charge in [0.2, 0.25) is 0 Å². The van der Waals surface area contributed by atoms with Crippen molar-refractivity contribution in [3.05, 3.63) is 16.1 Å². The maximum absolute atomic E-state index is 5.83. The molecule has 2 aliphatic carbocycles. The molecule has 1 aromatic heterocycles. The Bertz CT molecular complexity index is 371. The average molecular weight is 252 g/mol. The fourth-order valence-electron chi connectivity index (χ4n) is 2.06. The van der Waals surface area contributed by atoms with E-state index in [4.69, 9.17) is 9.72 Å². The van der Waals surface area contributed by atoms with Gasteiger partial charge in [0.05, 0.1) is 5.69 Å². The molecule has 1 atom stereocenters. The van der Waals surface area contributed by atoms with Crippen molar-refractivity contribution < 1.29 is 4.74 Å². The second-order valence-corrected chi connectivity index (χ2v) is 5.94. The van der Waals surface area contributed by atoms with Gasteiger partial charge in [-0.1, -0.05) is 0 Å². The van der Waals surface area contributed by atoms with Crippen LogP contribution in [0.2, 0.25) is 0 Å². The number of aromatic nitrogens is 1. The van der Waals surface area contributed by atoms with Crippen molar-refractivity contribution in [3.63, 3.8) is 0 Å². The quantitative estimate of drug-likeness (QED) is 0.810. The highest BCUT2D eigenvalue weighted by Gasteiger charge is 2.34. The molecule has 94 valence electrons. The predicted octanol–water partition coefficient (Wildman–Crippen LogP) is 2.88. The number of hydrogen-bond acceptors (Lipinski definition) is 4. The zero-order valence-corrected chi connectivity index (χ0v) is 11.1. The summed E-state index contributed by atoms with van der Waals surface area (Å²) in [5.41, 5.74) is 1.18. The van der Waals surface area contributed by atoms with Crippen molar-refractivity contribution in [3.8, 4) is 0 Å². The molecule has 3 nitrogen and oxygen atoms in total. The largest absolute Gasteiger partial charge is 0.371 e. The predicted molar refractivity (Wildman–Crippen MR) is 69.1 cm³/mol. The Balaban J connectivity index is 1.60. The maximum Gasteiger partial charge on any atom is 0.122 e. The molecule has 1 unspecified atom stereocenters. The Morgan fingerprint density at radius 3 is 2.94 bits per heavy atom. The fraction of sp³-hybridized carbons (Fsp3) is 0.769. The summed E-state index contributed by atoms with van der Waals surface area (Å²) in [7, 11) is 0. The van der Waals surface area contributed by atoms with E-state index in [-0.39, 0.29) is 6.10 Å². The van der Waals surface area contributed by atoms with Crippen LogP contribution in [-0.4, -0.2) is 17.6 Å². The SMILES string of the molecule is CCOC(c1nc(CNC2CC2)cs1)C1CC1. The molecule has 1 heterocycles. The number of nitrogens with zero attached hydrogens (tertiary/aromatic N) is 1. The van der Waals surface area contributed by atoms with E-state index in [1.807, 2.05) is 0 Å². The third-order valence-electron chi connectivity index (χ3n) is 3.36. The van der Waals surface area contributed by atoms with E-state index in [0.29, 0.717) is 0 Å². The van der Waals surface area contributed by atoms with Gasteiger partial charge in [0.25, 0.3) is 0 Å². The molecule has 1 aromatic rings. The van der Waals surface area contributed by atoms with Crippen molar-refractivity contribution >= 4 is 11.3 Å². The van der Waals surface area contributed by atoms with Gasteiger partial charge < -0.3 is 10.1 Å². The summed E-state index contributed by atoms with van der Waals surface area (Å²) >= 11 is 1.76. The van der Waals surface area contributed by atoms with Crippen LogP contribution in [0.25, 0.3) is 0 Å². The molecule has 0 aliphatic heterocycles. The van der Waals surface area contributed by atoms with Crippen molar-refractivity contribution in [1.29, 1.82) is 0 Å². The molecule has 1 N–H and O–H groups in total. The summed E-state index contributed by atoms with van der Waals surface area (Å²) in [5.74, 6) is 0.727. The van der Waals surface area contributed by atoms with Crippen molar-refractivity contribution in [2.24, 2.45) is 5.92 Å². The lowest BCUT2D eigenvalue weighted by Gasteiger charge is -2.12. The van der Waals surface area contributed by atoms with E-state index >= 15 is 0 Å². The lowest BCUT2D eigenvalue weighted by molar-refractivity contribution is 0.0461. The van der Waals surface area contributed by atoms with Crippen LogP contribution < -0.4 is 5.32 Å². The fourth-order valence-corrected chi connectivity index (χ4v) is 3.02. The van der Waals surface area contributed by atoms with Crippen LogP contribution in [0, 0.1) is 5.92 Å². The molecule has 2 fully saturated rings. The van der Waals surface area contributed by atoms with Gasteiger partial charge in [0.15, 0.2) is 0 Å². The first-order chi connectivity index (χ1) is 8.36. The lowest BCUT2D eigenvalue weighted by Crippen LogP contribution is -2.15. The number of rotatable bonds is 7. The molecule has 0 amide bonds. The molecule has 0 spiro atoms. The topological polar surface area (TPSA) is 34.1 Å². The summed E-state index contributed by atoms with van der Waals surface area (Å²) < 4.78 is 5.83. The highest BCUT2D eigenvalue weighted by Crippen LogP contribution is 2.44. The molecule has 0 aromatic carbocycles. The van der Waals surface area contributed by atoms with E-state index in [1.165, 1.54) is 36.4 Å². The monoisotopic (exact) mass is 252 g/mol. The van der Waals surface area contributed by atoms with Gasteiger partial charge in [-0.2, -0.15) is 0 Å². The van der Waals surface area contributed by atoms with Gasteiger partial charge in [-0.15, -0.1) is 11.3 Å². The summed E-state index contributed by atoms with van der Waals surface area (Å²) in [6, 6.07) is 0.756. The van der Waals surface area contributed by atoms with Crippen molar-refractivity contribution in [1.82, 2.24) is 10.3 Å². The van der Waals surface area contributed by atoms with Crippen LogP contribution in [0.15, 0.2) is 5.38 Å². The lowest BCUT2D eigenvalue weighted by atomic mass is 10.2. The summed E-state index contributed by atoms with van der Waals surface area (Å²) in [4.78, 5) is 4.72. The minimum Gasteiger partial charge on any atom is -0.371 e. The van der Waals surface area contributed by atoms with E-state index in [2.05, 4.69) is 17.6 Å². The van der Waals surface area contributed by atoms with Gasteiger partial charge >= 0.3 is 0 Å². The number of ether oxygens (including phenoxy) is 1. The third kappa shape index (κ3) is 3.06. The molecule has 0 saturated heterocycles. The molecule has 17 heavy (non-hydrogen) atoms. The van der Waals surface area contributed by atoms with E-state index in [9.17, 15) is 0 Å². The first-order valence-electron chi connectivity index (χ1n) is 6.66. The Morgan fingerprint density at radius 2 is 2.29 bits per heavy atom. The third-order valence-corrected chi connectivity index (χ3v) is 4.31. The average Bonchev–Trinajstić information content (AvgIpc) is 3.23. The Morgan fingerprint density at radius 1 is 1.47 bits per heavy atom. The maximum atomic E-state index is 5.83. The van der Waals surface area contributed by atoms with Crippen LogP contribution in [0.1, 0.15) is 49.4 Å². The standard InChI is InChI=1S/C13H20N2OS/c1-2-16-12(9-3-4-9)13-15-11(8-17-13)7-14-10-5-6-10/h8-10,12,14H,2-7H2,1H3. The molecular formula is C13H20N2OS. The second kappa shape index (κ2) is 5.04. The van der Waals surface area contributed by atoms with Gasteiger partial charge in [-0.3, -0.25) is 0 Å². The Labute approximate surface area is 107 Å². The van der Waals surface area contributed by atoms with E-state index in [1.54, 1.807) is 11.3 Å². The normalized spacial score (nSPS) is 21.7. The molecule has 4 heteroatoms. The van der Waals surface area contributed by atoms with E-state index < -0.39 is 0 Å². The zero-order chi connectivity index (χ0) is 11.7. The molecule has 0 bridgehead atoms. The van der Waals surface area contributed by atoms with Gasteiger partial charge in [-0.25, -0.2) is 4.98 Å². The summed E-state index contributed by atoms with van der Waals surface area (Å²) in [6.07, 6.45) is 5.54. The number of thiazole rings is 1. The van der Waals surface area contributed by atoms with Gasteiger partial charge in [0, 0.05) is 24.6 Å². The van der Waals surface area contributed by atoms with Crippen molar-refractivity contribution in [2.45, 2.75) is 51.3 Å². The Kier molecular flexibility index (Phi) is 3.45. The van der Waals surface area contributed by atoms with Crippen LogP contribution in [0.3, 0.4) is 0 Å². The minimum absolute atomic E-state index is 0.264. The first-order valence-corrected chi connectivity index (χ1v) is 7.54. The molecule has 3 rings (SSSR count). The first kappa shape index (κ1) is 11.6. The van der Waals surface area contributed by atoms with Crippen molar-refractivity contribution in [2.75, 3.05) is 6.61 Å². The smallest absolute Gasteiger partial charge is 0.122 e. The minimum atomic E-state index is 0.264. The Hall–Kier alpha value is -0.450. The summed E-state index contributed by atoms with van der Waals surface area (Å²) in [6.45, 7) is 3.78. The van der Waals surface area contributed by atoms with E-state index in [0.717, 1.165) is 25.1 Å². The van der Waals surface area contributed by atoms with Crippen LogP contribution in [0.5, 0.6) is 0 Å². The zero-order valence-electron chi connectivity index (χ0n) is 10.3. The van der Waals surface area contributed by atoms with Gasteiger partial charge in [-0.05, 0) is 38.5 Å². The van der Waals surface area contributed by atoms with Crippen LogP contribution in [-0.2, 0) is 11.3 Å². The van der Waals surface area contributed by atoms with Crippen LogP contribution in [0.4, 0.5) is 0 Å². The molecule has 2 saturated carbocycles. The highest BCUT2D eigenvalue weighted by molar-refractivity contribution is 7.09. The molecule has 0 radical (unpaired) electrons. The highest BCUT2D eigenvalue weighted by atomic mass is 32.1. The van der Waals surface area contributed by atoms with Gasteiger partial charge in [0.1, 0.15) is 11.1 Å². The molecule has 2 aliphatic rings. The number of hydrogen-bond donors (Lipinski definition) is 1. The summed E-state index contributed by atoms with van der Waals surface area (Å²) in [5, 5.41) is 6.87. The van der Waals surface area contributed by atoms with Crippen LogP contribution >= 0.6 is 11.3 Å². The number of nitrogens with one attached hydrogen (secondary N) is 1.